The number of carboxylic acid groups (broad SMARTS) is 1. The van der Waals surface area contributed by atoms with Gasteiger partial charge >= 0.3 is 5.97 Å². The maximum Gasteiger partial charge on any atom is 0.306 e. The lowest BCUT2D eigenvalue weighted by Crippen LogP contribution is -2.34. The molecule has 3 N–H and O–H groups in total. The molecule has 0 unspecified atom stereocenters. The number of aromatic amines is 1. The van der Waals surface area contributed by atoms with E-state index in [9.17, 15) is 9.59 Å². The van der Waals surface area contributed by atoms with Gasteiger partial charge in [-0.25, -0.2) is 0 Å². The molecule has 116 valence electrons. The van der Waals surface area contributed by atoms with E-state index < -0.39 is 5.97 Å². The number of amides is 1. The minimum absolute atomic E-state index is 0.0140. The summed E-state index contributed by atoms with van der Waals surface area (Å²) < 4.78 is 0. The summed E-state index contributed by atoms with van der Waals surface area (Å²) in [6.07, 6.45) is 4.13. The van der Waals surface area contributed by atoms with Gasteiger partial charge in [-0.2, -0.15) is 0 Å². The van der Waals surface area contributed by atoms with Crippen molar-refractivity contribution in [3.05, 3.63) is 35.5 Å². The lowest BCUT2D eigenvalue weighted by atomic mass is 10.0. The van der Waals surface area contributed by atoms with Gasteiger partial charge in [0, 0.05) is 23.1 Å². The smallest absolute Gasteiger partial charge is 0.306 e. The SMILES string of the molecule is Cc1cccc2[nH]cc(CC(=O)N[C@@H]3CC[C@H](C(=O)O)C3)c12. The average molecular weight is 300 g/mol. The zero-order valence-electron chi connectivity index (χ0n) is 12.6. The Bertz CT molecular complexity index is 720. The van der Waals surface area contributed by atoms with E-state index in [1.807, 2.05) is 31.3 Å². The Morgan fingerprint density at radius 1 is 1.36 bits per heavy atom. The number of hydrogen-bond donors (Lipinski definition) is 3. The predicted octanol–water partition coefficient (Wildman–Crippen LogP) is 2.39. The van der Waals surface area contributed by atoms with Gasteiger partial charge in [0.25, 0.3) is 0 Å². The number of benzene rings is 1. The molecule has 1 fully saturated rings. The van der Waals surface area contributed by atoms with Gasteiger partial charge < -0.3 is 15.4 Å². The molecule has 2 atom stereocenters. The summed E-state index contributed by atoms with van der Waals surface area (Å²) in [5.41, 5.74) is 3.17. The second-order valence-electron chi connectivity index (χ2n) is 6.10. The molecule has 0 saturated heterocycles. The number of hydrogen-bond acceptors (Lipinski definition) is 2. The molecule has 1 heterocycles. The van der Waals surface area contributed by atoms with Crippen molar-refractivity contribution < 1.29 is 14.7 Å². The molecule has 1 saturated carbocycles. The van der Waals surface area contributed by atoms with Crippen molar-refractivity contribution in [2.45, 2.75) is 38.6 Å². The van der Waals surface area contributed by atoms with Gasteiger partial charge in [0.15, 0.2) is 0 Å². The Morgan fingerprint density at radius 3 is 2.91 bits per heavy atom. The van der Waals surface area contributed by atoms with Crippen molar-refractivity contribution >= 4 is 22.8 Å². The third-order valence-electron chi connectivity index (χ3n) is 4.49. The summed E-state index contributed by atoms with van der Waals surface area (Å²) in [5, 5.41) is 13.1. The van der Waals surface area contributed by atoms with Gasteiger partial charge in [0.05, 0.1) is 12.3 Å². The molecule has 1 aromatic heterocycles. The van der Waals surface area contributed by atoms with Crippen molar-refractivity contribution in [1.82, 2.24) is 10.3 Å². The highest BCUT2D eigenvalue weighted by Gasteiger charge is 2.30. The lowest BCUT2D eigenvalue weighted by molar-refractivity contribution is -0.141. The van der Waals surface area contributed by atoms with E-state index >= 15 is 0 Å². The summed E-state index contributed by atoms with van der Waals surface area (Å²) in [6.45, 7) is 2.03. The standard InChI is InChI=1S/C17H20N2O3/c1-10-3-2-4-14-16(10)12(9-18-14)8-15(20)19-13-6-5-11(7-13)17(21)22/h2-4,9,11,13,18H,5-8H2,1H3,(H,19,20)(H,21,22)/t11-,13+/m0/s1. The minimum Gasteiger partial charge on any atom is -0.481 e. The lowest BCUT2D eigenvalue weighted by Gasteiger charge is -2.12. The van der Waals surface area contributed by atoms with Crippen molar-refractivity contribution in [2.75, 3.05) is 0 Å². The van der Waals surface area contributed by atoms with Crippen LogP contribution in [0.2, 0.25) is 0 Å². The number of fused-ring (bicyclic) bond motifs is 1. The molecule has 0 radical (unpaired) electrons. The van der Waals surface area contributed by atoms with Crippen LogP contribution in [0.3, 0.4) is 0 Å². The van der Waals surface area contributed by atoms with Crippen LogP contribution < -0.4 is 5.32 Å². The first-order valence-electron chi connectivity index (χ1n) is 7.62. The molecule has 0 spiro atoms. The highest BCUT2D eigenvalue weighted by molar-refractivity contribution is 5.91. The summed E-state index contributed by atoms with van der Waals surface area (Å²) in [5.74, 6) is -1.12. The van der Waals surface area contributed by atoms with Gasteiger partial charge in [0.2, 0.25) is 5.91 Å². The van der Waals surface area contributed by atoms with Crippen molar-refractivity contribution in [1.29, 1.82) is 0 Å². The summed E-state index contributed by atoms with van der Waals surface area (Å²) in [6, 6.07) is 6.01. The van der Waals surface area contributed by atoms with E-state index in [2.05, 4.69) is 10.3 Å². The van der Waals surface area contributed by atoms with E-state index in [1.165, 1.54) is 0 Å². The Labute approximate surface area is 128 Å². The molecular weight excluding hydrogens is 280 g/mol. The molecule has 2 aromatic rings. The van der Waals surface area contributed by atoms with Crippen LogP contribution in [0.4, 0.5) is 0 Å². The zero-order chi connectivity index (χ0) is 15.7. The number of carbonyl (C=O) groups is 2. The van der Waals surface area contributed by atoms with E-state index in [0.717, 1.165) is 28.5 Å². The van der Waals surface area contributed by atoms with Gasteiger partial charge in [-0.3, -0.25) is 9.59 Å². The number of H-pyrrole nitrogens is 1. The normalized spacial score (nSPS) is 21.1. The minimum atomic E-state index is -0.760. The molecule has 1 aromatic carbocycles. The van der Waals surface area contributed by atoms with Crippen LogP contribution in [0.25, 0.3) is 10.9 Å². The molecular formula is C17H20N2O3. The van der Waals surface area contributed by atoms with Crippen LogP contribution in [0.15, 0.2) is 24.4 Å². The fourth-order valence-corrected chi connectivity index (χ4v) is 3.38. The van der Waals surface area contributed by atoms with Gasteiger partial charge in [-0.05, 0) is 43.4 Å². The van der Waals surface area contributed by atoms with Crippen molar-refractivity contribution in [3.8, 4) is 0 Å². The van der Waals surface area contributed by atoms with Crippen LogP contribution in [-0.2, 0) is 16.0 Å². The van der Waals surface area contributed by atoms with E-state index in [1.54, 1.807) is 0 Å². The fraction of sp³-hybridized carbons (Fsp3) is 0.412. The van der Waals surface area contributed by atoms with Crippen LogP contribution in [0, 0.1) is 12.8 Å². The quantitative estimate of drug-likeness (QED) is 0.811. The molecule has 5 nitrogen and oxygen atoms in total. The topological polar surface area (TPSA) is 82.2 Å². The van der Waals surface area contributed by atoms with Crippen molar-refractivity contribution in [3.63, 3.8) is 0 Å². The molecule has 3 rings (SSSR count). The highest BCUT2D eigenvalue weighted by atomic mass is 16.4. The van der Waals surface area contributed by atoms with E-state index in [0.29, 0.717) is 19.3 Å². The molecule has 1 aliphatic rings. The van der Waals surface area contributed by atoms with Crippen LogP contribution in [-0.4, -0.2) is 28.0 Å². The number of carbonyl (C=O) groups excluding carboxylic acids is 1. The first kappa shape index (κ1) is 14.6. The molecule has 1 aliphatic carbocycles. The molecule has 22 heavy (non-hydrogen) atoms. The summed E-state index contributed by atoms with van der Waals surface area (Å²) >= 11 is 0. The first-order chi connectivity index (χ1) is 10.5. The van der Waals surface area contributed by atoms with E-state index in [-0.39, 0.29) is 17.9 Å². The molecule has 0 bridgehead atoms. The van der Waals surface area contributed by atoms with E-state index in [4.69, 9.17) is 5.11 Å². The average Bonchev–Trinajstić information content (AvgIpc) is 3.07. The monoisotopic (exact) mass is 300 g/mol. The Kier molecular flexibility index (Phi) is 3.88. The number of aliphatic carboxylic acids is 1. The first-order valence-corrected chi connectivity index (χ1v) is 7.62. The van der Waals surface area contributed by atoms with Gasteiger partial charge in [-0.15, -0.1) is 0 Å². The molecule has 0 aliphatic heterocycles. The number of rotatable bonds is 4. The number of nitrogens with one attached hydrogen (secondary N) is 2. The van der Waals surface area contributed by atoms with Crippen LogP contribution >= 0.6 is 0 Å². The second-order valence-corrected chi connectivity index (χ2v) is 6.10. The number of aromatic nitrogens is 1. The maximum atomic E-state index is 12.2. The van der Waals surface area contributed by atoms with Gasteiger partial charge in [-0.1, -0.05) is 12.1 Å². The van der Waals surface area contributed by atoms with Crippen LogP contribution in [0.5, 0.6) is 0 Å². The third-order valence-corrected chi connectivity index (χ3v) is 4.49. The highest BCUT2D eigenvalue weighted by Crippen LogP contribution is 2.26. The zero-order valence-corrected chi connectivity index (χ0v) is 12.6. The molecule has 5 heteroatoms. The molecule has 1 amide bonds. The van der Waals surface area contributed by atoms with Crippen molar-refractivity contribution in [2.24, 2.45) is 5.92 Å². The van der Waals surface area contributed by atoms with Crippen LogP contribution in [0.1, 0.15) is 30.4 Å². The fourth-order valence-electron chi connectivity index (χ4n) is 3.38. The Hall–Kier alpha value is -2.30. The summed E-state index contributed by atoms with van der Waals surface area (Å²) in [4.78, 5) is 26.4. The summed E-state index contributed by atoms with van der Waals surface area (Å²) in [7, 11) is 0. The third kappa shape index (κ3) is 2.84. The second kappa shape index (κ2) is 5.83. The number of carboxylic acids is 1. The Balaban J connectivity index is 1.66. The largest absolute Gasteiger partial charge is 0.481 e. The number of aryl methyl sites for hydroxylation is 1. The maximum absolute atomic E-state index is 12.2. The predicted molar refractivity (Wildman–Crippen MR) is 83.6 cm³/mol. The van der Waals surface area contributed by atoms with Gasteiger partial charge in [0.1, 0.15) is 0 Å². The Morgan fingerprint density at radius 2 is 2.18 bits per heavy atom.